The summed E-state index contributed by atoms with van der Waals surface area (Å²) in [5.74, 6) is -3.24. The van der Waals surface area contributed by atoms with E-state index >= 15 is 0 Å². The lowest BCUT2D eigenvalue weighted by Gasteiger charge is -2.19. The molecule has 0 saturated carbocycles. The molecule has 0 aromatic heterocycles. The molecule has 0 fully saturated rings. The smallest absolute Gasteiger partial charge is 0.416 e. The zero-order valence-corrected chi connectivity index (χ0v) is 20.5. The van der Waals surface area contributed by atoms with E-state index in [2.05, 4.69) is 5.32 Å². The molecule has 208 valence electrons. The molecule has 0 radical (unpaired) electrons. The van der Waals surface area contributed by atoms with Crippen molar-refractivity contribution in [1.82, 2.24) is 5.32 Å². The van der Waals surface area contributed by atoms with Crippen LogP contribution in [0.4, 0.5) is 22.0 Å². The summed E-state index contributed by atoms with van der Waals surface area (Å²) >= 11 is 0. The molecule has 3 aromatic rings. The van der Waals surface area contributed by atoms with E-state index in [1.54, 1.807) is 30.3 Å². The highest BCUT2D eigenvalue weighted by Crippen LogP contribution is 2.29. The number of halogens is 5. The van der Waals surface area contributed by atoms with E-state index in [-0.39, 0.29) is 11.6 Å². The molecule has 0 saturated heterocycles. The Morgan fingerprint density at radius 1 is 0.821 bits per heavy atom. The van der Waals surface area contributed by atoms with Crippen LogP contribution in [0.15, 0.2) is 84.9 Å². The van der Waals surface area contributed by atoms with Gasteiger partial charge in [0.25, 0.3) is 0 Å². The molecule has 0 atom stereocenters. The van der Waals surface area contributed by atoms with Gasteiger partial charge >= 0.3 is 18.1 Å². The normalized spacial score (nSPS) is 11.3. The number of rotatable bonds is 11. The Morgan fingerprint density at radius 2 is 1.33 bits per heavy atom. The lowest BCUT2D eigenvalue weighted by atomic mass is 10.0. The molecule has 3 rings (SSSR count). The zero-order chi connectivity index (χ0) is 28.8. The average molecular weight is 552 g/mol. The second-order valence-electron chi connectivity index (χ2n) is 8.06. The number of carboxylic acid groups (broad SMARTS) is 2. The third-order valence-corrected chi connectivity index (χ3v) is 5.12. The van der Waals surface area contributed by atoms with Crippen LogP contribution in [0.25, 0.3) is 0 Å². The highest BCUT2D eigenvalue weighted by Gasteiger charge is 2.30. The number of ether oxygens (including phenoxy) is 1. The Morgan fingerprint density at radius 3 is 1.79 bits per heavy atom. The van der Waals surface area contributed by atoms with Crippen LogP contribution in [0.1, 0.15) is 28.4 Å². The predicted molar refractivity (Wildman–Crippen MR) is 133 cm³/mol. The molecule has 0 aliphatic heterocycles. The lowest BCUT2D eigenvalue weighted by molar-refractivity contribution is -0.137. The van der Waals surface area contributed by atoms with Crippen molar-refractivity contribution in [2.24, 2.45) is 0 Å². The maximum absolute atomic E-state index is 13.3. The van der Waals surface area contributed by atoms with Crippen molar-refractivity contribution in [3.63, 3.8) is 0 Å². The first-order valence-electron chi connectivity index (χ1n) is 11.6. The zero-order valence-electron chi connectivity index (χ0n) is 20.5. The second kappa shape index (κ2) is 15.4. The largest absolute Gasteiger partial charge is 0.478 e. The summed E-state index contributed by atoms with van der Waals surface area (Å²) in [7, 11) is 0. The van der Waals surface area contributed by atoms with Crippen molar-refractivity contribution in [3.8, 4) is 0 Å². The quantitative estimate of drug-likeness (QED) is 0.162. The van der Waals surface area contributed by atoms with Gasteiger partial charge < -0.3 is 20.3 Å². The van der Waals surface area contributed by atoms with Gasteiger partial charge in [-0.1, -0.05) is 42.5 Å². The number of aliphatic carboxylic acids is 2. The van der Waals surface area contributed by atoms with Crippen molar-refractivity contribution >= 4 is 11.9 Å². The summed E-state index contributed by atoms with van der Waals surface area (Å²) in [5, 5.41) is 18.8. The van der Waals surface area contributed by atoms with Crippen LogP contribution in [0, 0.1) is 11.6 Å². The minimum absolute atomic E-state index is 0.308. The molecular weight excluding hydrogens is 525 g/mol. The standard InChI is InChI=1S/C24H22F5NO.C4H4O4/c25-21-8-4-18(5-9-21)23(19-6-10-22(26)11-7-19)31-15-14-30-13-12-17-2-1-3-20(16-17)24(27,28)29;5-3(6)1-2-4(7)8/h1-11,16,23,30H,12-15H2;1-2H,(H,5,6)(H,7,8). The molecule has 3 aromatic carbocycles. The maximum atomic E-state index is 13.3. The molecule has 0 aliphatic carbocycles. The number of benzene rings is 3. The average Bonchev–Trinajstić information content (AvgIpc) is 2.88. The minimum atomic E-state index is -4.35. The fourth-order valence-electron chi connectivity index (χ4n) is 3.31. The van der Waals surface area contributed by atoms with Crippen LogP contribution in [0.2, 0.25) is 0 Å². The van der Waals surface area contributed by atoms with E-state index in [0.29, 0.717) is 43.8 Å². The van der Waals surface area contributed by atoms with Gasteiger partial charge in [-0.25, -0.2) is 18.4 Å². The summed E-state index contributed by atoms with van der Waals surface area (Å²) in [5.41, 5.74) is 1.41. The van der Waals surface area contributed by atoms with Crippen molar-refractivity contribution in [1.29, 1.82) is 0 Å². The molecular formula is C28H26F5NO5. The molecule has 6 nitrogen and oxygen atoms in total. The van der Waals surface area contributed by atoms with Crippen LogP contribution in [0.5, 0.6) is 0 Å². The number of hydrogen-bond acceptors (Lipinski definition) is 4. The van der Waals surface area contributed by atoms with Crippen LogP contribution >= 0.6 is 0 Å². The summed E-state index contributed by atoms with van der Waals surface area (Å²) in [4.78, 5) is 19.1. The fraction of sp³-hybridized carbons (Fsp3) is 0.214. The molecule has 0 amide bonds. The number of nitrogens with one attached hydrogen (secondary N) is 1. The van der Waals surface area contributed by atoms with Gasteiger partial charge in [-0.3, -0.25) is 0 Å². The first-order valence-corrected chi connectivity index (χ1v) is 11.6. The predicted octanol–water partition coefficient (Wildman–Crippen LogP) is 5.63. The van der Waals surface area contributed by atoms with Crippen LogP contribution < -0.4 is 5.32 Å². The number of carboxylic acids is 2. The summed E-state index contributed by atoms with van der Waals surface area (Å²) < 4.78 is 70.8. The molecule has 3 N–H and O–H groups in total. The van der Waals surface area contributed by atoms with Crippen molar-refractivity contribution in [2.45, 2.75) is 18.7 Å². The SMILES string of the molecule is Fc1ccc(C(OCCNCCc2cccc(C(F)(F)F)c2)c2ccc(F)cc2)cc1.O=C(O)C=CC(=O)O. The minimum Gasteiger partial charge on any atom is -0.478 e. The monoisotopic (exact) mass is 551 g/mol. The Bertz CT molecular complexity index is 1170. The molecule has 0 aliphatic rings. The number of hydrogen-bond donors (Lipinski definition) is 3. The van der Waals surface area contributed by atoms with Crippen molar-refractivity contribution in [2.75, 3.05) is 19.7 Å². The van der Waals surface area contributed by atoms with Gasteiger partial charge in [0.2, 0.25) is 0 Å². The summed E-state index contributed by atoms with van der Waals surface area (Å²) in [6.07, 6.45) is -3.28. The Hall–Kier alpha value is -4.09. The molecule has 0 unspecified atom stereocenters. The van der Waals surface area contributed by atoms with Gasteiger partial charge in [-0.2, -0.15) is 13.2 Å². The van der Waals surface area contributed by atoms with Gasteiger partial charge in [0, 0.05) is 18.7 Å². The second-order valence-corrected chi connectivity index (χ2v) is 8.06. The molecule has 11 heteroatoms. The van der Waals surface area contributed by atoms with Crippen molar-refractivity contribution < 1.29 is 46.5 Å². The topological polar surface area (TPSA) is 95.9 Å². The van der Waals surface area contributed by atoms with Crippen LogP contribution in [-0.2, 0) is 26.9 Å². The fourth-order valence-corrected chi connectivity index (χ4v) is 3.31. The molecule has 39 heavy (non-hydrogen) atoms. The number of carbonyl (C=O) groups is 2. The highest BCUT2D eigenvalue weighted by molar-refractivity contribution is 5.89. The highest BCUT2D eigenvalue weighted by atomic mass is 19.4. The number of alkyl halides is 3. The van der Waals surface area contributed by atoms with Gasteiger partial charge in [0.1, 0.15) is 17.7 Å². The summed E-state index contributed by atoms with van der Waals surface area (Å²) in [6.45, 7) is 1.27. The Balaban J connectivity index is 0.000000580. The first-order chi connectivity index (χ1) is 18.5. The van der Waals surface area contributed by atoms with Gasteiger partial charge in [0.05, 0.1) is 12.2 Å². The van der Waals surface area contributed by atoms with Crippen LogP contribution in [-0.4, -0.2) is 41.8 Å². The van der Waals surface area contributed by atoms with Crippen molar-refractivity contribution in [3.05, 3.63) is 119 Å². The first kappa shape index (κ1) is 31.1. The lowest BCUT2D eigenvalue weighted by Crippen LogP contribution is -2.23. The van der Waals surface area contributed by atoms with Gasteiger partial charge in [-0.05, 0) is 60.0 Å². The Kier molecular flexibility index (Phi) is 12.3. The molecule has 0 spiro atoms. The molecule has 0 bridgehead atoms. The summed E-state index contributed by atoms with van der Waals surface area (Å²) in [6, 6.07) is 17.1. The van der Waals surface area contributed by atoms with Gasteiger partial charge in [0.15, 0.2) is 0 Å². The van der Waals surface area contributed by atoms with E-state index < -0.39 is 29.8 Å². The van der Waals surface area contributed by atoms with E-state index in [4.69, 9.17) is 14.9 Å². The van der Waals surface area contributed by atoms with E-state index in [1.807, 2.05) is 0 Å². The Labute approximate surface area is 221 Å². The molecule has 0 heterocycles. The van der Waals surface area contributed by atoms with E-state index in [9.17, 15) is 31.5 Å². The van der Waals surface area contributed by atoms with E-state index in [0.717, 1.165) is 23.3 Å². The maximum Gasteiger partial charge on any atom is 0.416 e. The third-order valence-electron chi connectivity index (χ3n) is 5.12. The van der Waals surface area contributed by atoms with Gasteiger partial charge in [-0.15, -0.1) is 0 Å². The van der Waals surface area contributed by atoms with E-state index in [1.165, 1.54) is 30.3 Å². The van der Waals surface area contributed by atoms with Crippen LogP contribution in [0.3, 0.4) is 0 Å². The third kappa shape index (κ3) is 11.9.